The average molecular weight is 489 g/mol. The van der Waals surface area contributed by atoms with Crippen LogP contribution in [-0.4, -0.2) is 19.2 Å². The lowest BCUT2D eigenvalue weighted by atomic mass is 10.1. The Bertz CT molecular complexity index is 1090. The number of aryl methyl sites for hydroxylation is 2. The number of halogens is 3. The first-order valence-corrected chi connectivity index (χ1v) is 11.0. The molecule has 0 aliphatic heterocycles. The van der Waals surface area contributed by atoms with Crippen molar-refractivity contribution in [1.82, 2.24) is 4.98 Å². The van der Waals surface area contributed by atoms with Gasteiger partial charge in [-0.15, -0.1) is 0 Å². The van der Waals surface area contributed by atoms with E-state index in [1.807, 2.05) is 38.1 Å². The van der Waals surface area contributed by atoms with Gasteiger partial charge in [0.15, 0.2) is 0 Å². The number of hydrogen-bond donors (Lipinski definition) is 1. The predicted molar refractivity (Wildman–Crippen MR) is 137 cm³/mol. The van der Waals surface area contributed by atoms with E-state index < -0.39 is 5.83 Å². The van der Waals surface area contributed by atoms with Crippen LogP contribution >= 0.6 is 23.2 Å². The second-order valence-electron chi connectivity index (χ2n) is 6.91. The highest BCUT2D eigenvalue weighted by Crippen LogP contribution is 2.41. The third kappa shape index (κ3) is 6.98. The molecule has 0 saturated heterocycles. The summed E-state index contributed by atoms with van der Waals surface area (Å²) in [5.74, 6) is 0.514. The first kappa shape index (κ1) is 26.2. The lowest BCUT2D eigenvalue weighted by molar-refractivity contribution is 0.339. The Balaban J connectivity index is 0.000000890. The lowest BCUT2D eigenvalue weighted by Gasteiger charge is -2.13. The highest BCUT2D eigenvalue weighted by atomic mass is 35.5. The minimum absolute atomic E-state index is 0.131. The fourth-order valence-corrected chi connectivity index (χ4v) is 3.65. The summed E-state index contributed by atoms with van der Waals surface area (Å²) in [6.07, 6.45) is 4.95. The van der Waals surface area contributed by atoms with Gasteiger partial charge in [0.05, 0.1) is 36.1 Å². The molecule has 0 amide bonds. The number of anilines is 2. The van der Waals surface area contributed by atoms with Crippen LogP contribution in [0.5, 0.6) is 5.75 Å². The number of nitrogens with one attached hydrogen (secondary N) is 1. The summed E-state index contributed by atoms with van der Waals surface area (Å²) in [5.41, 5.74) is 3.56. The quantitative estimate of drug-likeness (QED) is 0.339. The molecule has 4 nitrogen and oxygen atoms in total. The molecule has 0 bridgehead atoms. The highest BCUT2D eigenvalue weighted by molar-refractivity contribution is 6.39. The topological polar surface area (TPSA) is 43.4 Å². The Kier molecular flexibility index (Phi) is 10.2. The summed E-state index contributed by atoms with van der Waals surface area (Å²) < 4.78 is 24.6. The van der Waals surface area contributed by atoms with Gasteiger partial charge in [-0.1, -0.05) is 54.9 Å². The third-order valence-corrected chi connectivity index (χ3v) is 5.54. The van der Waals surface area contributed by atoms with Gasteiger partial charge in [-0.25, -0.2) is 9.37 Å². The van der Waals surface area contributed by atoms with Crippen LogP contribution in [0.3, 0.4) is 0 Å². The number of rotatable bonds is 7. The number of nitrogens with zero attached hydrogens (tertiary/aromatic N) is 1. The first-order valence-electron chi connectivity index (χ1n) is 10.2. The lowest BCUT2D eigenvalue weighted by Crippen LogP contribution is -1.96. The van der Waals surface area contributed by atoms with Gasteiger partial charge in [-0.3, -0.25) is 0 Å². The van der Waals surface area contributed by atoms with E-state index >= 15 is 4.39 Å². The highest BCUT2D eigenvalue weighted by Gasteiger charge is 2.19. The van der Waals surface area contributed by atoms with Crippen LogP contribution in [0, 0.1) is 6.92 Å². The van der Waals surface area contributed by atoms with Crippen molar-refractivity contribution >= 4 is 46.6 Å². The van der Waals surface area contributed by atoms with Crippen LogP contribution in [0.25, 0.3) is 11.9 Å². The fraction of sp³-hybridized carbons (Fsp3) is 0.192. The Morgan fingerprint density at radius 3 is 2.39 bits per heavy atom. The zero-order chi connectivity index (χ0) is 24.4. The van der Waals surface area contributed by atoms with Crippen molar-refractivity contribution in [2.75, 3.05) is 19.5 Å². The van der Waals surface area contributed by atoms with Gasteiger partial charge in [0, 0.05) is 11.9 Å². The van der Waals surface area contributed by atoms with Gasteiger partial charge in [0.1, 0.15) is 17.4 Å². The van der Waals surface area contributed by atoms with E-state index in [1.165, 1.54) is 19.4 Å². The zero-order valence-corrected chi connectivity index (χ0v) is 20.6. The molecule has 0 unspecified atom stereocenters. The summed E-state index contributed by atoms with van der Waals surface area (Å²) in [6.45, 7) is 7.21. The monoisotopic (exact) mass is 488 g/mol. The SMILES string of the molecule is C=COC.CCc1cc(OC)c(Cl)c(/C(F)=C/c2ccc(Nc3ccccc3C)nc2)c1Cl. The second kappa shape index (κ2) is 12.9. The molecule has 3 rings (SSSR count). The van der Waals surface area contributed by atoms with Gasteiger partial charge in [-0.05, 0) is 60.4 Å². The maximum atomic E-state index is 15.1. The molecule has 0 atom stereocenters. The molecular formula is C26H27Cl2FN2O2. The summed E-state index contributed by atoms with van der Waals surface area (Å²) in [7, 11) is 3.05. The second-order valence-corrected chi connectivity index (χ2v) is 7.66. The minimum Gasteiger partial charge on any atom is -0.505 e. The van der Waals surface area contributed by atoms with E-state index in [-0.39, 0.29) is 15.6 Å². The molecule has 1 aromatic heterocycles. The standard InChI is InChI=1S/C23H21Cl2FN2O.C3H6O/c1-4-16-12-19(29-3)23(25)21(22(16)24)17(26)11-15-9-10-20(27-13-15)28-18-8-6-5-7-14(18)2;1-3-4-2/h5-13H,4H2,1-3H3,(H,27,28);3H,1H2,2H3/b17-11-;. The first-order chi connectivity index (χ1) is 15.9. The normalized spacial score (nSPS) is 10.7. The smallest absolute Gasteiger partial charge is 0.138 e. The fourth-order valence-electron chi connectivity index (χ4n) is 2.91. The van der Waals surface area contributed by atoms with E-state index in [1.54, 1.807) is 31.5 Å². The van der Waals surface area contributed by atoms with E-state index in [2.05, 4.69) is 21.6 Å². The van der Waals surface area contributed by atoms with Crippen molar-refractivity contribution in [3.05, 3.63) is 93.8 Å². The number of methoxy groups -OCH3 is 2. The van der Waals surface area contributed by atoms with Crippen LogP contribution < -0.4 is 10.1 Å². The van der Waals surface area contributed by atoms with Crippen molar-refractivity contribution in [2.24, 2.45) is 0 Å². The molecule has 0 saturated carbocycles. The predicted octanol–water partition coefficient (Wildman–Crippen LogP) is 8.26. The van der Waals surface area contributed by atoms with E-state index in [0.717, 1.165) is 16.8 Å². The van der Waals surface area contributed by atoms with Crippen molar-refractivity contribution in [2.45, 2.75) is 20.3 Å². The van der Waals surface area contributed by atoms with Gasteiger partial charge in [0.2, 0.25) is 0 Å². The van der Waals surface area contributed by atoms with E-state index in [0.29, 0.717) is 23.6 Å². The van der Waals surface area contributed by atoms with Crippen LogP contribution in [0.15, 0.2) is 61.5 Å². The minimum atomic E-state index is -0.546. The Labute approximate surface area is 204 Å². The number of aromatic nitrogens is 1. The van der Waals surface area contributed by atoms with Crippen molar-refractivity contribution < 1.29 is 13.9 Å². The molecule has 174 valence electrons. The van der Waals surface area contributed by atoms with Gasteiger partial charge >= 0.3 is 0 Å². The molecule has 2 aromatic carbocycles. The average Bonchev–Trinajstić information content (AvgIpc) is 2.82. The number of hydrogen-bond acceptors (Lipinski definition) is 4. The molecule has 7 heteroatoms. The summed E-state index contributed by atoms with van der Waals surface area (Å²) in [4.78, 5) is 4.36. The molecule has 0 spiro atoms. The third-order valence-electron chi connectivity index (χ3n) is 4.74. The van der Waals surface area contributed by atoms with Crippen LogP contribution in [0.1, 0.15) is 29.2 Å². The maximum Gasteiger partial charge on any atom is 0.138 e. The summed E-state index contributed by atoms with van der Waals surface area (Å²) >= 11 is 12.7. The molecule has 3 aromatic rings. The molecule has 0 aliphatic carbocycles. The van der Waals surface area contributed by atoms with Gasteiger partial charge in [0.25, 0.3) is 0 Å². The summed E-state index contributed by atoms with van der Waals surface area (Å²) in [5, 5.41) is 3.69. The molecule has 1 heterocycles. The summed E-state index contributed by atoms with van der Waals surface area (Å²) in [6, 6.07) is 13.2. The molecule has 0 aliphatic rings. The van der Waals surface area contributed by atoms with Crippen molar-refractivity contribution in [3.8, 4) is 5.75 Å². The number of ether oxygens (including phenoxy) is 2. The van der Waals surface area contributed by atoms with Gasteiger partial charge in [-0.2, -0.15) is 0 Å². The van der Waals surface area contributed by atoms with Crippen LogP contribution in [0.2, 0.25) is 10.0 Å². The Hall–Kier alpha value is -3.02. The largest absolute Gasteiger partial charge is 0.505 e. The number of para-hydroxylation sites is 1. The van der Waals surface area contributed by atoms with Crippen LogP contribution in [0.4, 0.5) is 15.9 Å². The van der Waals surface area contributed by atoms with E-state index in [4.69, 9.17) is 27.9 Å². The number of benzene rings is 2. The molecule has 0 fully saturated rings. The van der Waals surface area contributed by atoms with Crippen molar-refractivity contribution in [1.29, 1.82) is 0 Å². The molecular weight excluding hydrogens is 462 g/mol. The van der Waals surface area contributed by atoms with Crippen molar-refractivity contribution in [3.63, 3.8) is 0 Å². The maximum absolute atomic E-state index is 15.1. The van der Waals surface area contributed by atoms with E-state index in [9.17, 15) is 0 Å². The Morgan fingerprint density at radius 2 is 1.85 bits per heavy atom. The number of pyridine rings is 1. The van der Waals surface area contributed by atoms with Crippen LogP contribution in [-0.2, 0) is 11.2 Å². The molecule has 0 radical (unpaired) electrons. The Morgan fingerprint density at radius 1 is 1.15 bits per heavy atom. The molecule has 33 heavy (non-hydrogen) atoms. The zero-order valence-electron chi connectivity index (χ0n) is 19.1. The van der Waals surface area contributed by atoms with Gasteiger partial charge < -0.3 is 14.8 Å². The molecule has 1 N–H and O–H groups in total.